The Labute approximate surface area is 78.8 Å². The van der Waals surface area contributed by atoms with Crippen molar-refractivity contribution in [2.24, 2.45) is 5.92 Å². The first-order valence-corrected chi connectivity index (χ1v) is 4.82. The van der Waals surface area contributed by atoms with Crippen LogP contribution in [-0.4, -0.2) is 5.78 Å². The van der Waals surface area contributed by atoms with Crippen LogP contribution >= 0.6 is 0 Å². The molecule has 2 atom stereocenters. The minimum atomic E-state index is 0.307. The first kappa shape index (κ1) is 8.49. The van der Waals surface area contributed by atoms with Gasteiger partial charge in [-0.1, -0.05) is 38.1 Å². The molecule has 1 aromatic carbocycles. The quantitative estimate of drug-likeness (QED) is 0.591. The van der Waals surface area contributed by atoms with Gasteiger partial charge in [0.15, 0.2) is 5.78 Å². The first-order chi connectivity index (χ1) is 6.20. The number of ketones is 1. The summed E-state index contributed by atoms with van der Waals surface area (Å²) in [6.07, 6.45) is 0.707. The molecule has 0 aliphatic heterocycles. The van der Waals surface area contributed by atoms with Crippen molar-refractivity contribution in [3.8, 4) is 0 Å². The summed E-state index contributed by atoms with van der Waals surface area (Å²) in [7, 11) is 0. The third-order valence-corrected chi connectivity index (χ3v) is 3.11. The van der Waals surface area contributed by atoms with E-state index >= 15 is 0 Å². The maximum atomic E-state index is 11.6. The fourth-order valence-corrected chi connectivity index (χ4v) is 2.03. The van der Waals surface area contributed by atoms with Gasteiger partial charge in [0, 0.05) is 12.0 Å². The summed E-state index contributed by atoms with van der Waals surface area (Å²) in [6, 6.07) is 7.98. The minimum absolute atomic E-state index is 0.307. The summed E-state index contributed by atoms with van der Waals surface area (Å²) in [5.41, 5.74) is 2.17. The van der Waals surface area contributed by atoms with Crippen LogP contribution in [0.5, 0.6) is 0 Å². The fourth-order valence-electron chi connectivity index (χ4n) is 2.03. The molecule has 1 heteroatoms. The molecule has 68 valence electrons. The van der Waals surface area contributed by atoms with Gasteiger partial charge in [0.25, 0.3) is 0 Å². The maximum absolute atomic E-state index is 11.6. The smallest absolute Gasteiger partial charge is 0.163 e. The molecule has 0 N–H and O–H groups in total. The van der Waals surface area contributed by atoms with E-state index in [2.05, 4.69) is 19.9 Å². The average Bonchev–Trinajstić information content (AvgIpc) is 2.15. The van der Waals surface area contributed by atoms with E-state index in [1.54, 1.807) is 0 Å². The lowest BCUT2D eigenvalue weighted by Crippen LogP contribution is -2.21. The predicted molar refractivity (Wildman–Crippen MR) is 53.0 cm³/mol. The zero-order chi connectivity index (χ0) is 9.42. The number of carbonyl (C=O) groups excluding carboxylic acids is 1. The number of fused-ring (bicyclic) bond motifs is 1. The molecule has 0 fully saturated rings. The molecule has 1 aromatic rings. The monoisotopic (exact) mass is 174 g/mol. The largest absolute Gasteiger partial charge is 0.294 e. The number of hydrogen-bond donors (Lipinski definition) is 0. The van der Waals surface area contributed by atoms with Crippen molar-refractivity contribution in [2.45, 2.75) is 26.2 Å². The molecule has 0 unspecified atom stereocenters. The van der Waals surface area contributed by atoms with Gasteiger partial charge in [0.05, 0.1) is 0 Å². The van der Waals surface area contributed by atoms with Crippen molar-refractivity contribution in [2.75, 3.05) is 0 Å². The van der Waals surface area contributed by atoms with E-state index in [1.165, 1.54) is 5.56 Å². The van der Waals surface area contributed by atoms with Gasteiger partial charge in [-0.05, 0) is 17.4 Å². The van der Waals surface area contributed by atoms with Crippen LogP contribution in [0.2, 0.25) is 0 Å². The van der Waals surface area contributed by atoms with E-state index < -0.39 is 0 Å². The van der Waals surface area contributed by atoms with Crippen molar-refractivity contribution in [3.05, 3.63) is 35.4 Å². The Bertz CT molecular complexity index is 341. The van der Waals surface area contributed by atoms with Gasteiger partial charge in [0.2, 0.25) is 0 Å². The van der Waals surface area contributed by atoms with Gasteiger partial charge in [-0.2, -0.15) is 0 Å². The lowest BCUT2D eigenvalue weighted by Gasteiger charge is -2.27. The van der Waals surface area contributed by atoms with Gasteiger partial charge in [-0.3, -0.25) is 4.79 Å². The van der Waals surface area contributed by atoms with Gasteiger partial charge in [0.1, 0.15) is 0 Å². The second kappa shape index (κ2) is 2.99. The van der Waals surface area contributed by atoms with Gasteiger partial charge < -0.3 is 0 Å². The standard InChI is InChI=1S/C12H14O/c1-8-7-12(13)11-6-4-3-5-10(11)9(8)2/h3-6,8-9H,7H2,1-2H3/t8-,9-/m1/s1. The molecule has 0 amide bonds. The average molecular weight is 174 g/mol. The first-order valence-electron chi connectivity index (χ1n) is 4.82. The summed E-state index contributed by atoms with van der Waals surface area (Å²) in [4.78, 5) is 11.6. The number of rotatable bonds is 0. The second-order valence-electron chi connectivity index (χ2n) is 3.98. The Hall–Kier alpha value is -1.11. The lowest BCUT2D eigenvalue weighted by molar-refractivity contribution is 0.0944. The summed E-state index contributed by atoms with van der Waals surface area (Å²) >= 11 is 0. The number of Topliss-reactive ketones (excluding diaryl/α,β-unsaturated/α-hetero) is 1. The topological polar surface area (TPSA) is 17.1 Å². The molecule has 2 rings (SSSR count). The van der Waals surface area contributed by atoms with Gasteiger partial charge >= 0.3 is 0 Å². The van der Waals surface area contributed by atoms with Crippen LogP contribution < -0.4 is 0 Å². The van der Waals surface area contributed by atoms with Crippen LogP contribution in [-0.2, 0) is 0 Å². The van der Waals surface area contributed by atoms with Crippen molar-refractivity contribution in [1.29, 1.82) is 0 Å². The van der Waals surface area contributed by atoms with E-state index in [9.17, 15) is 4.79 Å². The number of carbonyl (C=O) groups is 1. The number of hydrogen-bond acceptors (Lipinski definition) is 1. The third-order valence-electron chi connectivity index (χ3n) is 3.11. The van der Waals surface area contributed by atoms with Gasteiger partial charge in [-0.15, -0.1) is 0 Å². The Morgan fingerprint density at radius 1 is 1.23 bits per heavy atom. The van der Waals surface area contributed by atoms with E-state index in [4.69, 9.17) is 0 Å². The van der Waals surface area contributed by atoms with Crippen LogP contribution in [0.15, 0.2) is 24.3 Å². The fraction of sp³-hybridized carbons (Fsp3) is 0.417. The third kappa shape index (κ3) is 1.28. The second-order valence-corrected chi connectivity index (χ2v) is 3.98. The van der Waals surface area contributed by atoms with Crippen molar-refractivity contribution in [1.82, 2.24) is 0 Å². The van der Waals surface area contributed by atoms with Crippen LogP contribution in [0.3, 0.4) is 0 Å². The van der Waals surface area contributed by atoms with Crippen molar-refractivity contribution < 1.29 is 4.79 Å². The normalized spacial score (nSPS) is 27.1. The summed E-state index contributed by atoms with van der Waals surface area (Å²) in [5.74, 6) is 1.32. The molecule has 0 aromatic heterocycles. The van der Waals surface area contributed by atoms with E-state index in [-0.39, 0.29) is 0 Å². The van der Waals surface area contributed by atoms with Crippen molar-refractivity contribution >= 4 is 5.78 Å². The molecule has 1 aliphatic rings. The molecular weight excluding hydrogens is 160 g/mol. The van der Waals surface area contributed by atoms with Crippen LogP contribution in [0.1, 0.15) is 42.1 Å². The molecule has 0 saturated carbocycles. The minimum Gasteiger partial charge on any atom is -0.294 e. The van der Waals surface area contributed by atoms with E-state index in [1.807, 2.05) is 18.2 Å². The highest BCUT2D eigenvalue weighted by molar-refractivity contribution is 5.98. The Morgan fingerprint density at radius 2 is 1.92 bits per heavy atom. The molecule has 0 spiro atoms. The zero-order valence-electron chi connectivity index (χ0n) is 8.08. The highest BCUT2D eigenvalue weighted by Gasteiger charge is 2.27. The summed E-state index contributed by atoms with van der Waals surface area (Å²) in [5, 5.41) is 0. The van der Waals surface area contributed by atoms with Crippen LogP contribution in [0.25, 0.3) is 0 Å². The van der Waals surface area contributed by atoms with Crippen LogP contribution in [0, 0.1) is 5.92 Å². The molecule has 0 bridgehead atoms. The predicted octanol–water partition coefficient (Wildman–Crippen LogP) is 3.01. The zero-order valence-corrected chi connectivity index (χ0v) is 8.08. The Morgan fingerprint density at radius 3 is 2.69 bits per heavy atom. The summed E-state index contributed by atoms with van der Waals surface area (Å²) in [6.45, 7) is 4.36. The van der Waals surface area contributed by atoms with Crippen LogP contribution in [0.4, 0.5) is 0 Å². The van der Waals surface area contributed by atoms with E-state index in [0.717, 1.165) is 5.56 Å². The molecular formula is C12H14O. The molecule has 1 aliphatic carbocycles. The maximum Gasteiger partial charge on any atom is 0.163 e. The number of benzene rings is 1. The SMILES string of the molecule is C[C@@H]1CC(=O)c2ccccc2[C@@H]1C. The Balaban J connectivity index is 2.53. The summed E-state index contributed by atoms with van der Waals surface area (Å²) < 4.78 is 0. The highest BCUT2D eigenvalue weighted by Crippen LogP contribution is 2.34. The van der Waals surface area contributed by atoms with E-state index in [0.29, 0.717) is 24.0 Å². The molecule has 1 nitrogen and oxygen atoms in total. The molecule has 0 radical (unpaired) electrons. The lowest BCUT2D eigenvalue weighted by atomic mass is 9.76. The molecule has 13 heavy (non-hydrogen) atoms. The molecule has 0 heterocycles. The van der Waals surface area contributed by atoms with Gasteiger partial charge in [-0.25, -0.2) is 0 Å². The Kier molecular flexibility index (Phi) is 1.95. The highest BCUT2D eigenvalue weighted by atomic mass is 16.1. The van der Waals surface area contributed by atoms with Crippen molar-refractivity contribution in [3.63, 3.8) is 0 Å². The molecule has 0 saturated heterocycles.